The van der Waals surface area contributed by atoms with Crippen molar-refractivity contribution in [1.82, 2.24) is 0 Å². The summed E-state index contributed by atoms with van der Waals surface area (Å²) in [7, 11) is -0.984. The highest BCUT2D eigenvalue weighted by atomic mass is 32.2. The van der Waals surface area contributed by atoms with E-state index in [1.54, 1.807) is 36.4 Å². The van der Waals surface area contributed by atoms with Gasteiger partial charge < -0.3 is 13.7 Å². The molecule has 0 aliphatic heterocycles. The standard InChI is InChI=1S/C17H18O5S/c1-4-5-13-6-11-16(17(12-13)21-3)22-23(18,19)15-9-7-14(20-2)8-10-15/h4,6-12H,1,5H2,2-3H3. The highest BCUT2D eigenvalue weighted by Gasteiger charge is 2.19. The number of benzene rings is 2. The maximum Gasteiger partial charge on any atom is 0.339 e. The first-order valence-corrected chi connectivity index (χ1v) is 8.27. The number of ether oxygens (including phenoxy) is 2. The van der Waals surface area contributed by atoms with Gasteiger partial charge in [0, 0.05) is 0 Å². The van der Waals surface area contributed by atoms with Crippen LogP contribution in [0, 0.1) is 0 Å². The molecule has 0 aromatic heterocycles. The Hall–Kier alpha value is -2.47. The molecular formula is C17H18O5S. The summed E-state index contributed by atoms with van der Waals surface area (Å²) in [5.41, 5.74) is 0.950. The molecule has 23 heavy (non-hydrogen) atoms. The summed E-state index contributed by atoms with van der Waals surface area (Å²) in [6, 6.07) is 11.0. The topological polar surface area (TPSA) is 61.8 Å². The molecule has 2 aromatic rings. The molecule has 2 rings (SSSR count). The largest absolute Gasteiger partial charge is 0.497 e. The van der Waals surface area contributed by atoms with Crippen LogP contribution in [0.3, 0.4) is 0 Å². The predicted octanol–water partition coefficient (Wildman–Crippen LogP) is 3.20. The Labute approximate surface area is 136 Å². The quantitative estimate of drug-likeness (QED) is 0.575. The molecule has 122 valence electrons. The molecule has 0 fully saturated rings. The van der Waals surface area contributed by atoms with Gasteiger partial charge in [0.1, 0.15) is 10.6 Å². The molecule has 0 N–H and O–H groups in total. The van der Waals surface area contributed by atoms with E-state index in [4.69, 9.17) is 13.7 Å². The Kier molecular flexibility index (Phi) is 5.28. The molecule has 0 amide bonds. The number of methoxy groups -OCH3 is 2. The smallest absolute Gasteiger partial charge is 0.339 e. The van der Waals surface area contributed by atoms with Crippen LogP contribution in [0.4, 0.5) is 0 Å². The maximum absolute atomic E-state index is 12.3. The monoisotopic (exact) mass is 334 g/mol. The minimum atomic E-state index is -3.95. The fraction of sp³-hybridized carbons (Fsp3) is 0.176. The molecule has 0 radical (unpaired) electrons. The highest BCUT2D eigenvalue weighted by molar-refractivity contribution is 7.87. The van der Waals surface area contributed by atoms with Gasteiger partial charge in [-0.2, -0.15) is 8.42 Å². The molecular weight excluding hydrogens is 316 g/mol. The lowest BCUT2D eigenvalue weighted by Gasteiger charge is -2.12. The van der Waals surface area contributed by atoms with E-state index in [2.05, 4.69) is 6.58 Å². The fourth-order valence-corrected chi connectivity index (χ4v) is 2.92. The summed E-state index contributed by atoms with van der Waals surface area (Å²) in [6.07, 6.45) is 2.41. The van der Waals surface area contributed by atoms with Crippen LogP contribution < -0.4 is 13.7 Å². The van der Waals surface area contributed by atoms with Crippen LogP contribution in [-0.4, -0.2) is 22.6 Å². The fourth-order valence-electron chi connectivity index (χ4n) is 1.98. The lowest BCUT2D eigenvalue weighted by atomic mass is 10.1. The molecule has 0 saturated carbocycles. The van der Waals surface area contributed by atoms with Gasteiger partial charge in [-0.3, -0.25) is 0 Å². The first-order valence-electron chi connectivity index (χ1n) is 6.86. The van der Waals surface area contributed by atoms with Crippen molar-refractivity contribution in [1.29, 1.82) is 0 Å². The predicted molar refractivity (Wildman–Crippen MR) is 87.7 cm³/mol. The van der Waals surface area contributed by atoms with Crippen molar-refractivity contribution in [2.24, 2.45) is 0 Å². The van der Waals surface area contributed by atoms with Crippen LogP contribution in [-0.2, 0) is 16.5 Å². The number of hydrogen-bond acceptors (Lipinski definition) is 5. The van der Waals surface area contributed by atoms with Gasteiger partial charge in [-0.05, 0) is 48.4 Å². The van der Waals surface area contributed by atoms with Crippen molar-refractivity contribution >= 4 is 10.1 Å². The Morgan fingerprint density at radius 2 is 1.70 bits per heavy atom. The van der Waals surface area contributed by atoms with Gasteiger partial charge in [-0.25, -0.2) is 0 Å². The number of allylic oxidation sites excluding steroid dienone is 1. The van der Waals surface area contributed by atoms with E-state index >= 15 is 0 Å². The van der Waals surface area contributed by atoms with Gasteiger partial charge in [0.05, 0.1) is 14.2 Å². The average Bonchev–Trinajstić information content (AvgIpc) is 2.56. The summed E-state index contributed by atoms with van der Waals surface area (Å²) >= 11 is 0. The second kappa shape index (κ2) is 7.19. The van der Waals surface area contributed by atoms with Crippen LogP contribution in [0.15, 0.2) is 60.0 Å². The molecule has 2 aromatic carbocycles. The van der Waals surface area contributed by atoms with Gasteiger partial charge >= 0.3 is 10.1 Å². The summed E-state index contributed by atoms with van der Waals surface area (Å²) in [5, 5.41) is 0. The zero-order valence-electron chi connectivity index (χ0n) is 13.0. The lowest BCUT2D eigenvalue weighted by molar-refractivity contribution is 0.390. The van der Waals surface area contributed by atoms with E-state index in [1.807, 2.05) is 0 Å². The first-order chi connectivity index (χ1) is 11.0. The number of rotatable bonds is 7. The van der Waals surface area contributed by atoms with Gasteiger partial charge in [-0.15, -0.1) is 6.58 Å². The zero-order chi connectivity index (χ0) is 16.9. The summed E-state index contributed by atoms with van der Waals surface area (Å²) in [5.74, 6) is 1.05. The minimum Gasteiger partial charge on any atom is -0.497 e. The van der Waals surface area contributed by atoms with Crippen molar-refractivity contribution in [2.45, 2.75) is 11.3 Å². The maximum atomic E-state index is 12.3. The van der Waals surface area contributed by atoms with Crippen LogP contribution in [0.2, 0.25) is 0 Å². The second-order valence-corrected chi connectivity index (χ2v) is 6.24. The average molecular weight is 334 g/mol. The van der Waals surface area contributed by atoms with E-state index in [0.717, 1.165) is 5.56 Å². The molecule has 0 heterocycles. The molecule has 5 nitrogen and oxygen atoms in total. The van der Waals surface area contributed by atoms with Gasteiger partial charge in [-0.1, -0.05) is 12.1 Å². The van der Waals surface area contributed by atoms with Crippen molar-refractivity contribution in [3.63, 3.8) is 0 Å². The Balaban J connectivity index is 2.30. The van der Waals surface area contributed by atoms with Gasteiger partial charge in [0.15, 0.2) is 11.5 Å². The summed E-state index contributed by atoms with van der Waals surface area (Å²) in [6.45, 7) is 3.67. The third kappa shape index (κ3) is 4.04. The Morgan fingerprint density at radius 1 is 1.00 bits per heavy atom. The minimum absolute atomic E-state index is 0.0375. The Morgan fingerprint density at radius 3 is 2.26 bits per heavy atom. The third-order valence-corrected chi connectivity index (χ3v) is 4.40. The third-order valence-electron chi connectivity index (χ3n) is 3.16. The van der Waals surface area contributed by atoms with Gasteiger partial charge in [0.2, 0.25) is 0 Å². The number of hydrogen-bond donors (Lipinski definition) is 0. The van der Waals surface area contributed by atoms with Crippen molar-refractivity contribution in [3.05, 3.63) is 60.7 Å². The summed E-state index contributed by atoms with van der Waals surface area (Å²) in [4.78, 5) is 0.0375. The molecule has 0 atom stereocenters. The van der Waals surface area contributed by atoms with Crippen LogP contribution in [0.25, 0.3) is 0 Å². The van der Waals surface area contributed by atoms with Gasteiger partial charge in [0.25, 0.3) is 0 Å². The molecule has 0 bridgehead atoms. The van der Waals surface area contributed by atoms with E-state index < -0.39 is 10.1 Å². The van der Waals surface area contributed by atoms with Crippen molar-refractivity contribution in [3.8, 4) is 17.2 Å². The van der Waals surface area contributed by atoms with E-state index in [1.165, 1.54) is 26.4 Å². The van der Waals surface area contributed by atoms with E-state index in [-0.39, 0.29) is 10.6 Å². The van der Waals surface area contributed by atoms with Crippen molar-refractivity contribution in [2.75, 3.05) is 14.2 Å². The molecule has 0 aliphatic carbocycles. The van der Waals surface area contributed by atoms with E-state index in [9.17, 15) is 8.42 Å². The van der Waals surface area contributed by atoms with Crippen LogP contribution in [0.1, 0.15) is 5.56 Å². The molecule has 0 spiro atoms. The van der Waals surface area contributed by atoms with Crippen LogP contribution >= 0.6 is 0 Å². The van der Waals surface area contributed by atoms with Crippen molar-refractivity contribution < 1.29 is 22.1 Å². The SMILES string of the molecule is C=CCc1ccc(OS(=O)(=O)c2ccc(OC)cc2)c(OC)c1. The lowest BCUT2D eigenvalue weighted by Crippen LogP contribution is -2.10. The Bertz CT molecular complexity index is 779. The van der Waals surface area contributed by atoms with Crippen LogP contribution in [0.5, 0.6) is 17.2 Å². The second-order valence-electron chi connectivity index (χ2n) is 4.69. The normalized spacial score (nSPS) is 10.9. The molecule has 0 aliphatic rings. The summed E-state index contributed by atoms with van der Waals surface area (Å²) < 4.78 is 40.1. The highest BCUT2D eigenvalue weighted by Crippen LogP contribution is 2.31. The molecule has 0 unspecified atom stereocenters. The molecule has 0 saturated heterocycles. The zero-order valence-corrected chi connectivity index (χ0v) is 13.8. The first kappa shape index (κ1) is 16.9. The van der Waals surface area contributed by atoms with E-state index in [0.29, 0.717) is 17.9 Å². The molecule has 6 heteroatoms.